The second-order valence-corrected chi connectivity index (χ2v) is 17.2. The largest absolute Gasteiger partial charge is 4.00 e. The van der Waals surface area contributed by atoms with Gasteiger partial charge in [0.05, 0.1) is 11.1 Å². The number of carboxylic acids is 2. The number of isothiocyanates is 1. The maximum Gasteiger partial charge on any atom is 4.00 e. The number of ether oxygens (including phenoxy) is 1. The predicted octanol–water partition coefficient (Wildman–Crippen LogP) is 13.9. The molecular weight excluding hydrogens is 1050 g/mol. The van der Waals surface area contributed by atoms with Crippen LogP contribution in [-0.4, -0.2) is 63.7 Å². The normalized spacial score (nSPS) is 17.4. The van der Waals surface area contributed by atoms with Gasteiger partial charge < -0.3 is 47.8 Å². The van der Waals surface area contributed by atoms with Gasteiger partial charge in [0.1, 0.15) is 12.1 Å². The smallest absolute Gasteiger partial charge is 0.753 e. The Morgan fingerprint density at radius 2 is 1.68 bits per heavy atom. The van der Waals surface area contributed by atoms with Crippen molar-refractivity contribution in [2.45, 2.75) is 69.8 Å². The first-order valence-electron chi connectivity index (χ1n) is 22.6. The second kappa shape index (κ2) is 27.1. The first-order chi connectivity index (χ1) is 34.2. The number of unbranched alkanes of at least 4 members (excludes halogenated alkanes) is 3. The zero-order chi connectivity index (χ0) is 50.9. The van der Waals surface area contributed by atoms with E-state index in [0.717, 1.165) is 40.2 Å². The molecule has 0 aliphatic carbocycles. The molecular formula is C53H50F3N8O5RuS2-. The second-order valence-electron chi connectivity index (χ2n) is 16.1. The first kappa shape index (κ1) is 56.0. The van der Waals surface area contributed by atoms with Crippen LogP contribution in [0.2, 0.25) is 0 Å². The van der Waals surface area contributed by atoms with Gasteiger partial charge >= 0.3 is 37.6 Å². The number of alkyl halides is 3. The average Bonchev–Trinajstić information content (AvgIpc) is 4.07. The number of nitrogens with one attached hydrogen (secondary N) is 1. The van der Waals surface area contributed by atoms with E-state index in [0.29, 0.717) is 36.3 Å². The van der Waals surface area contributed by atoms with Gasteiger partial charge in [0.2, 0.25) is 0 Å². The summed E-state index contributed by atoms with van der Waals surface area (Å²) in [5.74, 6) is -1.50. The van der Waals surface area contributed by atoms with Gasteiger partial charge in [0.15, 0.2) is 5.88 Å². The molecule has 374 valence electrons. The van der Waals surface area contributed by atoms with Gasteiger partial charge in [-0.15, -0.1) is 30.1 Å². The minimum Gasteiger partial charge on any atom is -0.753 e. The molecule has 0 fully saturated rings. The van der Waals surface area contributed by atoms with Crippen molar-refractivity contribution in [1.82, 2.24) is 4.98 Å². The molecule has 5 N–H and O–H groups in total. The summed E-state index contributed by atoms with van der Waals surface area (Å²) in [6.45, 7) is 2.70. The number of thiocarbonyl (C=S) groups is 1. The Bertz CT molecular complexity index is 2780. The van der Waals surface area contributed by atoms with E-state index in [1.807, 2.05) is 84.3 Å². The van der Waals surface area contributed by atoms with Crippen LogP contribution in [0, 0.1) is 0 Å². The molecule has 4 aliphatic heterocycles. The van der Waals surface area contributed by atoms with Crippen LogP contribution in [0.15, 0.2) is 167 Å². The molecule has 6 heterocycles. The van der Waals surface area contributed by atoms with Crippen molar-refractivity contribution in [3.8, 4) is 0 Å². The van der Waals surface area contributed by atoms with Crippen molar-refractivity contribution in [2.24, 2.45) is 5.73 Å². The molecule has 0 bridgehead atoms. The number of halogens is 3. The number of allylic oxidation sites excluding steroid dienone is 2. The first-order valence-corrected chi connectivity index (χ1v) is 23.9. The van der Waals surface area contributed by atoms with Crippen LogP contribution in [0.5, 0.6) is 0 Å². The van der Waals surface area contributed by atoms with Crippen molar-refractivity contribution in [2.75, 3.05) is 18.0 Å². The van der Waals surface area contributed by atoms with Crippen molar-refractivity contribution in [3.05, 3.63) is 222 Å². The van der Waals surface area contributed by atoms with E-state index in [2.05, 4.69) is 57.1 Å². The van der Waals surface area contributed by atoms with Gasteiger partial charge in [0, 0.05) is 34.1 Å². The molecule has 4 aliphatic rings. The van der Waals surface area contributed by atoms with E-state index in [1.165, 1.54) is 54.3 Å². The van der Waals surface area contributed by atoms with Crippen molar-refractivity contribution in [1.29, 1.82) is 0 Å². The SMILES string of the molecule is CCCCCCc1ccsc1C1=CC[N-]C(/C([NH-])=C/C(N)C(F)(F)F)=C1.O=C(O)C1=CC[N-]C(c2cc(C(=O)O)cc(C3C=C(C4CC=C(N(c5ccccc5)c5ccccc5)O4)C=C[N-]3)n2)=C1.[N-]=C=S.[Ru+4]. The van der Waals surface area contributed by atoms with E-state index in [1.54, 1.807) is 23.6 Å². The van der Waals surface area contributed by atoms with E-state index < -0.39 is 30.2 Å². The number of hydrogen-bond acceptors (Lipinski definition) is 8. The number of aromatic nitrogens is 1. The van der Waals surface area contributed by atoms with Crippen LogP contribution in [0.25, 0.3) is 38.4 Å². The number of nitrogens with zero attached hydrogens (tertiary/aromatic N) is 6. The van der Waals surface area contributed by atoms with Crippen LogP contribution in [0.1, 0.15) is 77.3 Å². The number of aliphatic carboxylic acids is 1. The van der Waals surface area contributed by atoms with E-state index in [4.69, 9.17) is 21.6 Å². The standard InChI is InChI=1S/C33H26N4O5.C19H24F3N3S.CNS.Ru/c38-32(39)22-14-16-35-27(18-22)29-20-23(33(40)41)19-28(36-29)26-17-21(13-15-34-26)30-11-12-31(42-30)37(24-7-3-1-4-8-24)25-9-5-2-6-10-25;1-2-3-4-5-6-13-8-10-26-18(13)14-7-9-25-16(11-14)15(23)12-17(24)19(20,21)22;2-1-3;/h1-10,12-15,17-20,26,30H,11,16H2,(H,38,39)(H,40,41);7-8,10-12,17,23H,2-6,9,24H2,1H3;;/q2*-2;-1;+4/b;15-12-;;. The zero-order valence-corrected chi connectivity index (χ0v) is 42.2. The van der Waals surface area contributed by atoms with Crippen LogP contribution < -0.4 is 10.6 Å². The number of carbonyl (C=O) groups is 2. The van der Waals surface area contributed by atoms with Gasteiger partial charge in [-0.05, 0) is 83.5 Å². The molecule has 3 atom stereocenters. The number of anilines is 2. The molecule has 0 radical (unpaired) electrons. The van der Waals surface area contributed by atoms with Crippen LogP contribution in [0.3, 0.4) is 0 Å². The minimum atomic E-state index is -4.56. The summed E-state index contributed by atoms with van der Waals surface area (Å²) >= 11 is 5.31. The Hall–Kier alpha value is -6.88. The molecule has 0 amide bonds. The number of thiophene rings is 1. The molecule has 19 heteroatoms. The molecule has 2 aromatic heterocycles. The predicted molar refractivity (Wildman–Crippen MR) is 278 cm³/mol. The van der Waals surface area contributed by atoms with E-state index in [-0.39, 0.29) is 60.4 Å². The Kier molecular flexibility index (Phi) is 21.1. The number of hydrogen-bond donors (Lipinski definition) is 3. The van der Waals surface area contributed by atoms with Gasteiger partial charge in [0.25, 0.3) is 0 Å². The Morgan fingerprint density at radius 3 is 2.32 bits per heavy atom. The monoisotopic (exact) mass is 1100 g/mol. The minimum absolute atomic E-state index is 0. The summed E-state index contributed by atoms with van der Waals surface area (Å²) in [5.41, 5.74) is 19.0. The maximum atomic E-state index is 12.6. The third-order valence-electron chi connectivity index (χ3n) is 11.2. The van der Waals surface area contributed by atoms with E-state index in [9.17, 15) is 33.0 Å². The molecule has 3 unspecified atom stereocenters. The third-order valence-corrected chi connectivity index (χ3v) is 12.2. The Balaban J connectivity index is 0.000000276. The molecule has 0 saturated carbocycles. The van der Waals surface area contributed by atoms with Crippen LogP contribution in [0.4, 0.5) is 24.5 Å². The number of benzene rings is 2. The van der Waals surface area contributed by atoms with Gasteiger partial charge in [-0.25, -0.2) is 9.59 Å². The number of aryl methyl sites for hydroxylation is 1. The Morgan fingerprint density at radius 1 is 1.00 bits per heavy atom. The summed E-state index contributed by atoms with van der Waals surface area (Å²) in [6.07, 6.45) is 16.3. The summed E-state index contributed by atoms with van der Waals surface area (Å²) < 4.78 is 44.3. The molecule has 8 rings (SSSR count). The number of aromatic carboxylic acids is 1. The summed E-state index contributed by atoms with van der Waals surface area (Å²) in [6, 6.07) is 22.3. The van der Waals surface area contributed by atoms with Gasteiger partial charge in [-0.2, -0.15) is 35.9 Å². The molecule has 4 aromatic rings. The van der Waals surface area contributed by atoms with Gasteiger partial charge in [-0.1, -0.05) is 123 Å². The molecule has 13 nitrogen and oxygen atoms in total. The molecule has 0 saturated heterocycles. The summed E-state index contributed by atoms with van der Waals surface area (Å²) in [5, 5.41) is 42.7. The molecule has 72 heavy (non-hydrogen) atoms. The average molecular weight is 1100 g/mol. The van der Waals surface area contributed by atoms with Crippen molar-refractivity contribution >= 4 is 63.3 Å². The maximum absolute atomic E-state index is 12.6. The summed E-state index contributed by atoms with van der Waals surface area (Å²) in [7, 11) is 0. The van der Waals surface area contributed by atoms with Crippen molar-refractivity contribution < 1.29 is 57.2 Å². The number of rotatable bonds is 16. The van der Waals surface area contributed by atoms with E-state index >= 15 is 0 Å². The third kappa shape index (κ3) is 15.3. The summed E-state index contributed by atoms with van der Waals surface area (Å²) in [4.78, 5) is 31.3. The fraction of sp³-hybridized carbons (Fsp3) is 0.245. The number of para-hydroxylation sites is 2. The van der Waals surface area contributed by atoms with Crippen molar-refractivity contribution in [3.63, 3.8) is 0 Å². The number of pyridine rings is 1. The van der Waals surface area contributed by atoms with Crippen LogP contribution in [-0.2, 0) is 35.4 Å². The molecule has 0 spiro atoms. The quantitative estimate of drug-likeness (QED) is 0.0420. The Labute approximate surface area is 438 Å². The fourth-order valence-corrected chi connectivity index (χ4v) is 8.66. The fourth-order valence-electron chi connectivity index (χ4n) is 7.69. The van der Waals surface area contributed by atoms with Gasteiger partial charge in [-0.3, -0.25) is 9.88 Å². The van der Waals surface area contributed by atoms with Crippen LogP contribution >= 0.6 is 23.6 Å². The topological polar surface area (TPSA) is 214 Å². The number of nitrogens with two attached hydrogens (primary N) is 1. The number of carboxylic acid groups (broad SMARTS) is 2. The molecule has 2 aromatic carbocycles. The zero-order valence-electron chi connectivity index (χ0n) is 38.9.